The molecule has 0 spiro atoms. The lowest BCUT2D eigenvalue weighted by Gasteiger charge is -2.25. The highest BCUT2D eigenvalue weighted by Gasteiger charge is 2.21. The van der Waals surface area contributed by atoms with Gasteiger partial charge in [0.15, 0.2) is 0 Å². The Kier molecular flexibility index (Phi) is 3.74. The Hall–Kier alpha value is -1.81. The minimum atomic E-state index is -0.505. The number of nitrogens with one attached hydrogen (secondary N) is 1. The molecule has 2 nitrogen and oxygen atoms in total. The van der Waals surface area contributed by atoms with E-state index in [-0.39, 0.29) is 18.2 Å². The Bertz CT molecular complexity index is 593. The first-order valence-corrected chi connectivity index (χ1v) is 6.86. The van der Waals surface area contributed by atoms with E-state index in [0.29, 0.717) is 0 Å². The summed E-state index contributed by atoms with van der Waals surface area (Å²) in [5.41, 5.74) is 2.33. The van der Waals surface area contributed by atoms with E-state index in [4.69, 9.17) is 0 Å². The molecule has 0 amide bonds. The fourth-order valence-corrected chi connectivity index (χ4v) is 2.73. The molecule has 0 aliphatic heterocycles. The zero-order valence-corrected chi connectivity index (χ0v) is 11.1. The van der Waals surface area contributed by atoms with Crippen LogP contribution in [0.25, 0.3) is 0 Å². The molecular formula is C16H16F2N2. The van der Waals surface area contributed by atoms with Crippen molar-refractivity contribution in [2.45, 2.75) is 31.8 Å². The highest BCUT2D eigenvalue weighted by Crippen LogP contribution is 2.28. The smallest absolute Gasteiger partial charge is 0.130 e. The third-order valence-corrected chi connectivity index (χ3v) is 3.78. The lowest BCUT2D eigenvalue weighted by atomic mass is 9.92. The molecule has 1 atom stereocenters. The summed E-state index contributed by atoms with van der Waals surface area (Å²) in [6.07, 6.45) is 4.80. The predicted molar refractivity (Wildman–Crippen MR) is 73.1 cm³/mol. The number of nitrogens with zero attached hydrogens (tertiary/aromatic N) is 1. The maximum absolute atomic E-state index is 13.6. The summed E-state index contributed by atoms with van der Waals surface area (Å²) >= 11 is 0. The van der Waals surface area contributed by atoms with E-state index in [1.54, 1.807) is 6.20 Å². The van der Waals surface area contributed by atoms with Gasteiger partial charge in [-0.1, -0.05) is 12.1 Å². The van der Waals surface area contributed by atoms with Crippen molar-refractivity contribution < 1.29 is 8.78 Å². The number of aryl methyl sites for hydroxylation is 1. The van der Waals surface area contributed by atoms with Crippen molar-refractivity contribution in [2.75, 3.05) is 0 Å². The highest BCUT2D eigenvalue weighted by atomic mass is 19.1. The van der Waals surface area contributed by atoms with Gasteiger partial charge in [-0.3, -0.25) is 4.98 Å². The molecule has 1 aromatic carbocycles. The van der Waals surface area contributed by atoms with Gasteiger partial charge in [0.25, 0.3) is 0 Å². The average Bonchev–Trinajstić information content (AvgIpc) is 2.47. The highest BCUT2D eigenvalue weighted by molar-refractivity contribution is 5.26. The summed E-state index contributed by atoms with van der Waals surface area (Å²) in [6.45, 7) is 0.180. The number of hydrogen-bond donors (Lipinski definition) is 1. The van der Waals surface area contributed by atoms with E-state index in [9.17, 15) is 8.78 Å². The average molecular weight is 274 g/mol. The maximum Gasteiger partial charge on any atom is 0.130 e. The molecule has 1 heterocycles. The van der Waals surface area contributed by atoms with Crippen molar-refractivity contribution in [1.29, 1.82) is 0 Å². The Labute approximate surface area is 116 Å². The quantitative estimate of drug-likeness (QED) is 0.926. The molecule has 0 radical (unpaired) electrons. The zero-order valence-electron chi connectivity index (χ0n) is 11.1. The predicted octanol–water partition coefficient (Wildman–Crippen LogP) is 3.53. The van der Waals surface area contributed by atoms with E-state index in [1.165, 1.54) is 23.8 Å². The van der Waals surface area contributed by atoms with Crippen LogP contribution in [0.4, 0.5) is 8.78 Å². The standard InChI is InChI=1S/C16H16F2N2/c17-13-6-2-7-14(18)12(13)10-20-15-8-1-4-11-5-3-9-19-16(11)15/h2-3,5-7,9,15,20H,1,4,8,10H2/t15-/m1/s1. The third-order valence-electron chi connectivity index (χ3n) is 3.78. The van der Waals surface area contributed by atoms with Gasteiger partial charge in [-0.2, -0.15) is 0 Å². The minimum absolute atomic E-state index is 0.0685. The normalized spacial score (nSPS) is 17.8. The van der Waals surface area contributed by atoms with Gasteiger partial charge in [-0.05, 0) is 43.0 Å². The van der Waals surface area contributed by atoms with E-state index in [1.807, 2.05) is 6.07 Å². The van der Waals surface area contributed by atoms with Crippen LogP contribution in [0.2, 0.25) is 0 Å². The monoisotopic (exact) mass is 274 g/mol. The first-order chi connectivity index (χ1) is 9.75. The van der Waals surface area contributed by atoms with E-state index >= 15 is 0 Å². The van der Waals surface area contributed by atoms with Crippen LogP contribution in [-0.2, 0) is 13.0 Å². The van der Waals surface area contributed by atoms with Crippen molar-refractivity contribution >= 4 is 0 Å². The molecule has 0 saturated heterocycles. The molecule has 0 saturated carbocycles. The number of benzene rings is 1. The van der Waals surface area contributed by atoms with Gasteiger partial charge in [0.05, 0.1) is 11.7 Å². The summed E-state index contributed by atoms with van der Waals surface area (Å²) in [4.78, 5) is 4.41. The largest absolute Gasteiger partial charge is 0.304 e. The van der Waals surface area contributed by atoms with Gasteiger partial charge in [0.2, 0.25) is 0 Å². The SMILES string of the molecule is Fc1cccc(F)c1CN[C@@H]1CCCc2cccnc21. The number of aromatic nitrogens is 1. The van der Waals surface area contributed by atoms with Gasteiger partial charge < -0.3 is 5.32 Å². The topological polar surface area (TPSA) is 24.9 Å². The Morgan fingerprint density at radius 2 is 1.95 bits per heavy atom. The molecular weight excluding hydrogens is 258 g/mol. The van der Waals surface area contributed by atoms with Crippen LogP contribution in [0.3, 0.4) is 0 Å². The molecule has 1 N–H and O–H groups in total. The lowest BCUT2D eigenvalue weighted by Crippen LogP contribution is -2.26. The molecule has 3 rings (SSSR count). The number of fused-ring (bicyclic) bond motifs is 1. The molecule has 1 aliphatic rings. The summed E-state index contributed by atoms with van der Waals surface area (Å²) in [7, 11) is 0. The first kappa shape index (κ1) is 13.2. The number of pyridine rings is 1. The van der Waals surface area contributed by atoms with Crippen molar-refractivity contribution in [3.63, 3.8) is 0 Å². The van der Waals surface area contributed by atoms with Crippen LogP contribution in [-0.4, -0.2) is 4.98 Å². The lowest BCUT2D eigenvalue weighted by molar-refractivity contribution is 0.434. The minimum Gasteiger partial charge on any atom is -0.304 e. The van der Waals surface area contributed by atoms with Gasteiger partial charge in [0.1, 0.15) is 11.6 Å². The Morgan fingerprint density at radius 3 is 2.75 bits per heavy atom. The molecule has 0 fully saturated rings. The number of hydrogen-bond acceptors (Lipinski definition) is 2. The molecule has 0 unspecified atom stereocenters. The van der Waals surface area contributed by atoms with Crippen LogP contribution in [0.1, 0.15) is 35.7 Å². The van der Waals surface area contributed by atoms with E-state index in [0.717, 1.165) is 25.0 Å². The fourth-order valence-electron chi connectivity index (χ4n) is 2.73. The third kappa shape index (κ3) is 2.56. The summed E-state index contributed by atoms with van der Waals surface area (Å²) in [5, 5.41) is 3.23. The van der Waals surface area contributed by atoms with E-state index in [2.05, 4.69) is 16.4 Å². The number of halogens is 2. The molecule has 104 valence electrons. The van der Waals surface area contributed by atoms with Crippen molar-refractivity contribution in [2.24, 2.45) is 0 Å². The Balaban J connectivity index is 1.77. The van der Waals surface area contributed by atoms with Crippen LogP contribution in [0.15, 0.2) is 36.5 Å². The molecule has 4 heteroatoms. The van der Waals surface area contributed by atoms with Gasteiger partial charge in [-0.15, -0.1) is 0 Å². The zero-order chi connectivity index (χ0) is 13.9. The van der Waals surface area contributed by atoms with Crippen LogP contribution < -0.4 is 5.32 Å². The van der Waals surface area contributed by atoms with Crippen LogP contribution >= 0.6 is 0 Å². The van der Waals surface area contributed by atoms with Gasteiger partial charge >= 0.3 is 0 Å². The molecule has 0 bridgehead atoms. The molecule has 2 aromatic rings. The summed E-state index contributed by atoms with van der Waals surface area (Å²) in [6, 6.07) is 8.02. The van der Waals surface area contributed by atoms with Crippen molar-refractivity contribution in [1.82, 2.24) is 10.3 Å². The number of rotatable bonds is 3. The Morgan fingerprint density at radius 1 is 1.15 bits per heavy atom. The first-order valence-electron chi connectivity index (χ1n) is 6.86. The van der Waals surface area contributed by atoms with Crippen LogP contribution in [0, 0.1) is 11.6 Å². The fraction of sp³-hybridized carbons (Fsp3) is 0.312. The molecule has 1 aliphatic carbocycles. The van der Waals surface area contributed by atoms with Gasteiger partial charge in [-0.25, -0.2) is 8.78 Å². The summed E-state index contributed by atoms with van der Waals surface area (Å²) in [5.74, 6) is -1.01. The van der Waals surface area contributed by atoms with Gasteiger partial charge in [0, 0.05) is 18.3 Å². The van der Waals surface area contributed by atoms with E-state index < -0.39 is 11.6 Å². The second-order valence-corrected chi connectivity index (χ2v) is 5.07. The molecule has 20 heavy (non-hydrogen) atoms. The van der Waals surface area contributed by atoms with Crippen LogP contribution in [0.5, 0.6) is 0 Å². The second kappa shape index (κ2) is 5.67. The maximum atomic E-state index is 13.6. The second-order valence-electron chi connectivity index (χ2n) is 5.07. The van der Waals surface area contributed by atoms with Crippen molar-refractivity contribution in [3.05, 3.63) is 65.0 Å². The molecule has 1 aromatic heterocycles. The van der Waals surface area contributed by atoms with Crippen molar-refractivity contribution in [3.8, 4) is 0 Å². The summed E-state index contributed by atoms with van der Waals surface area (Å²) < 4.78 is 27.2.